The van der Waals surface area contributed by atoms with Crippen molar-refractivity contribution in [1.82, 2.24) is 4.98 Å². The molecule has 35 heavy (non-hydrogen) atoms. The first-order valence-electron chi connectivity index (χ1n) is 11.0. The van der Waals surface area contributed by atoms with Crippen molar-refractivity contribution < 1.29 is 17.9 Å². The topological polar surface area (TPSA) is 88.6 Å². The fraction of sp³-hybridized carbons (Fsp3) is 0.154. The minimum absolute atomic E-state index is 0.0295. The molecule has 4 rings (SSSR count). The molecule has 0 unspecified atom stereocenters. The Kier molecular flexibility index (Phi) is 7.18. The van der Waals surface area contributed by atoms with E-state index >= 15 is 0 Å². The molecule has 0 radical (unpaired) electrons. The van der Waals surface area contributed by atoms with Gasteiger partial charge in [-0.05, 0) is 68.4 Å². The van der Waals surface area contributed by atoms with E-state index in [1.807, 2.05) is 44.2 Å². The number of benzene rings is 3. The Labute approximate surface area is 209 Å². The van der Waals surface area contributed by atoms with Crippen LogP contribution in [0.4, 0.5) is 10.8 Å². The molecule has 0 aliphatic rings. The lowest BCUT2D eigenvalue weighted by molar-refractivity contribution is 0.102. The number of thiazole rings is 1. The van der Waals surface area contributed by atoms with Crippen LogP contribution in [0.25, 0.3) is 11.3 Å². The minimum atomic E-state index is -3.84. The Morgan fingerprint density at radius 3 is 2.43 bits per heavy atom. The smallest absolute Gasteiger partial charge is 0.264 e. The van der Waals surface area contributed by atoms with Gasteiger partial charge in [0, 0.05) is 23.1 Å². The van der Waals surface area contributed by atoms with Crippen molar-refractivity contribution in [2.45, 2.75) is 18.7 Å². The van der Waals surface area contributed by atoms with Crippen LogP contribution in [0.2, 0.25) is 0 Å². The molecular weight excluding hydrogens is 482 g/mol. The van der Waals surface area contributed by atoms with Gasteiger partial charge in [0.2, 0.25) is 0 Å². The van der Waals surface area contributed by atoms with E-state index < -0.39 is 15.9 Å². The second-order valence-electron chi connectivity index (χ2n) is 7.67. The summed E-state index contributed by atoms with van der Waals surface area (Å²) in [5, 5.41) is 3.23. The highest BCUT2D eigenvalue weighted by molar-refractivity contribution is 7.92. The number of nitrogens with one attached hydrogen (secondary N) is 1. The Bertz CT molecular complexity index is 1430. The average Bonchev–Trinajstić information content (AvgIpc) is 3.24. The zero-order valence-corrected chi connectivity index (χ0v) is 21.2. The molecule has 1 aromatic heterocycles. The van der Waals surface area contributed by atoms with Gasteiger partial charge in [0.25, 0.3) is 15.9 Å². The van der Waals surface area contributed by atoms with Gasteiger partial charge in [0.1, 0.15) is 5.75 Å². The maximum Gasteiger partial charge on any atom is 0.264 e. The summed E-state index contributed by atoms with van der Waals surface area (Å²) < 4.78 is 32.9. The Hall–Kier alpha value is -3.69. The summed E-state index contributed by atoms with van der Waals surface area (Å²) in [6.07, 6.45) is 0. The number of anilines is 2. The van der Waals surface area contributed by atoms with Gasteiger partial charge in [-0.2, -0.15) is 0 Å². The molecule has 0 saturated carbocycles. The van der Waals surface area contributed by atoms with E-state index in [2.05, 4.69) is 10.3 Å². The lowest BCUT2D eigenvalue weighted by atomic mass is 10.1. The number of ether oxygens (including phenoxy) is 1. The van der Waals surface area contributed by atoms with Crippen LogP contribution in [-0.4, -0.2) is 33.0 Å². The first kappa shape index (κ1) is 24.4. The number of para-hydroxylation sites is 1. The maximum absolute atomic E-state index is 13.1. The van der Waals surface area contributed by atoms with Crippen LogP contribution in [0.3, 0.4) is 0 Å². The van der Waals surface area contributed by atoms with Gasteiger partial charge >= 0.3 is 0 Å². The summed E-state index contributed by atoms with van der Waals surface area (Å²) in [4.78, 5) is 18.5. The van der Waals surface area contributed by atoms with Gasteiger partial charge in [-0.25, -0.2) is 13.4 Å². The summed E-state index contributed by atoms with van der Waals surface area (Å²) in [5.74, 6) is 0.349. The summed E-state index contributed by atoms with van der Waals surface area (Å²) >= 11 is 1.36. The lowest BCUT2D eigenvalue weighted by Gasteiger charge is -2.19. The molecule has 0 aliphatic carbocycles. The van der Waals surface area contributed by atoms with E-state index in [0.717, 1.165) is 21.9 Å². The molecule has 1 amide bonds. The predicted molar refractivity (Wildman–Crippen MR) is 140 cm³/mol. The van der Waals surface area contributed by atoms with Crippen molar-refractivity contribution >= 4 is 38.1 Å². The van der Waals surface area contributed by atoms with Crippen molar-refractivity contribution in [3.63, 3.8) is 0 Å². The van der Waals surface area contributed by atoms with Crippen molar-refractivity contribution in [1.29, 1.82) is 0 Å². The molecule has 0 atom stereocenters. The largest absolute Gasteiger partial charge is 0.494 e. The summed E-state index contributed by atoms with van der Waals surface area (Å²) in [6, 6.07) is 22.4. The Morgan fingerprint density at radius 1 is 1.03 bits per heavy atom. The molecule has 0 fully saturated rings. The molecule has 1 N–H and O–H groups in total. The van der Waals surface area contributed by atoms with Crippen molar-refractivity contribution in [3.05, 3.63) is 89.3 Å². The molecule has 0 bridgehead atoms. The van der Waals surface area contributed by atoms with Gasteiger partial charge in [-0.15, -0.1) is 11.3 Å². The van der Waals surface area contributed by atoms with Crippen molar-refractivity contribution in [2.75, 3.05) is 23.3 Å². The molecule has 9 heteroatoms. The van der Waals surface area contributed by atoms with Gasteiger partial charge in [0.05, 0.1) is 22.9 Å². The molecule has 0 aliphatic heterocycles. The monoisotopic (exact) mass is 507 g/mol. The molecule has 180 valence electrons. The Morgan fingerprint density at radius 2 is 1.74 bits per heavy atom. The van der Waals surface area contributed by atoms with E-state index in [1.165, 1.54) is 34.8 Å². The van der Waals surface area contributed by atoms with E-state index in [9.17, 15) is 13.2 Å². The van der Waals surface area contributed by atoms with Gasteiger partial charge in [-0.3, -0.25) is 14.4 Å². The maximum atomic E-state index is 13.1. The average molecular weight is 508 g/mol. The lowest BCUT2D eigenvalue weighted by Crippen LogP contribution is -2.26. The van der Waals surface area contributed by atoms with E-state index in [0.29, 0.717) is 17.4 Å². The van der Waals surface area contributed by atoms with E-state index in [1.54, 1.807) is 36.4 Å². The van der Waals surface area contributed by atoms with Gasteiger partial charge in [0.15, 0.2) is 5.13 Å². The highest BCUT2D eigenvalue weighted by Gasteiger charge is 2.23. The minimum Gasteiger partial charge on any atom is -0.494 e. The normalized spacial score (nSPS) is 11.2. The predicted octanol–water partition coefficient (Wildman–Crippen LogP) is 5.59. The molecular formula is C26H25N3O4S2. The van der Waals surface area contributed by atoms with Crippen molar-refractivity contribution in [3.8, 4) is 17.0 Å². The van der Waals surface area contributed by atoms with Crippen LogP contribution < -0.4 is 14.4 Å². The van der Waals surface area contributed by atoms with Crippen LogP contribution in [-0.2, 0) is 10.0 Å². The van der Waals surface area contributed by atoms with Crippen LogP contribution in [0.1, 0.15) is 22.2 Å². The number of nitrogens with zero attached hydrogens (tertiary/aromatic N) is 2. The molecule has 4 aromatic rings. The third-order valence-corrected chi connectivity index (χ3v) is 8.00. The van der Waals surface area contributed by atoms with Crippen LogP contribution in [0, 0.1) is 6.92 Å². The number of hydrogen-bond acceptors (Lipinski definition) is 6. The standard InChI is InChI=1S/C26H25N3O4S2/c1-4-33-22-15-13-19(14-16-22)24-18(2)34-26(27-24)28-25(30)20-9-8-12-23(17-20)35(31,32)29(3)21-10-6-5-7-11-21/h5-17H,4H2,1-3H3,(H,27,28,30). The molecule has 3 aromatic carbocycles. The zero-order valence-electron chi connectivity index (χ0n) is 19.6. The summed E-state index contributed by atoms with van der Waals surface area (Å²) in [6.45, 7) is 4.46. The number of amides is 1. The van der Waals surface area contributed by atoms with Gasteiger partial charge in [-0.1, -0.05) is 24.3 Å². The van der Waals surface area contributed by atoms with Crippen LogP contribution >= 0.6 is 11.3 Å². The summed E-state index contributed by atoms with van der Waals surface area (Å²) in [5.41, 5.74) is 2.44. The highest BCUT2D eigenvalue weighted by Crippen LogP contribution is 2.32. The first-order valence-corrected chi connectivity index (χ1v) is 13.2. The quantitative estimate of drug-likeness (QED) is 0.336. The highest BCUT2D eigenvalue weighted by atomic mass is 32.2. The number of rotatable bonds is 8. The van der Waals surface area contributed by atoms with Crippen LogP contribution in [0.5, 0.6) is 5.75 Å². The number of carbonyl (C=O) groups is 1. The fourth-order valence-corrected chi connectivity index (χ4v) is 5.57. The number of carbonyl (C=O) groups excluding carboxylic acids is 1. The number of sulfonamides is 1. The first-order chi connectivity index (χ1) is 16.8. The molecule has 1 heterocycles. The summed E-state index contributed by atoms with van der Waals surface area (Å²) in [7, 11) is -2.35. The SMILES string of the molecule is CCOc1ccc(-c2nc(NC(=O)c3cccc(S(=O)(=O)N(C)c4ccccc4)c3)sc2C)cc1. The molecule has 0 spiro atoms. The second kappa shape index (κ2) is 10.3. The number of aryl methyl sites for hydroxylation is 1. The Balaban J connectivity index is 1.53. The van der Waals surface area contributed by atoms with E-state index in [-0.39, 0.29) is 10.5 Å². The molecule has 0 saturated heterocycles. The number of aromatic nitrogens is 1. The zero-order chi connectivity index (χ0) is 25.0. The van der Waals surface area contributed by atoms with Crippen molar-refractivity contribution in [2.24, 2.45) is 0 Å². The van der Waals surface area contributed by atoms with E-state index in [4.69, 9.17) is 4.74 Å². The third kappa shape index (κ3) is 5.36. The second-order valence-corrected chi connectivity index (χ2v) is 10.8. The van der Waals surface area contributed by atoms with Crippen LogP contribution in [0.15, 0.2) is 83.8 Å². The molecule has 7 nitrogen and oxygen atoms in total. The van der Waals surface area contributed by atoms with Gasteiger partial charge < -0.3 is 4.74 Å². The number of hydrogen-bond donors (Lipinski definition) is 1. The fourth-order valence-electron chi connectivity index (χ4n) is 3.50. The third-order valence-electron chi connectivity index (χ3n) is 5.33.